The average molecular weight is 571 g/mol. The second-order valence-electron chi connectivity index (χ2n) is 8.48. The first-order valence-electron chi connectivity index (χ1n) is 11.8. The number of halogens is 1. The van der Waals surface area contributed by atoms with Gasteiger partial charge in [-0.15, -0.1) is 11.8 Å². The van der Waals surface area contributed by atoms with Crippen molar-refractivity contribution < 1.29 is 9.53 Å². The molecule has 5 aromatic rings. The second-order valence-corrected chi connectivity index (χ2v) is 10.4. The Kier molecular flexibility index (Phi) is 7.82. The zero-order valence-electron chi connectivity index (χ0n) is 20.1. The number of fused-ring (bicyclic) bond motifs is 2. The summed E-state index contributed by atoms with van der Waals surface area (Å²) in [6.45, 7) is 2.38. The maximum atomic E-state index is 12.6. The molecule has 1 N–H and O–H groups in total. The number of pyridine rings is 1. The van der Waals surface area contributed by atoms with E-state index in [1.54, 1.807) is 6.21 Å². The first kappa shape index (κ1) is 25.0. The van der Waals surface area contributed by atoms with E-state index in [2.05, 4.69) is 31.4 Å². The molecule has 0 aliphatic rings. The Labute approximate surface area is 228 Å². The fourth-order valence-corrected chi connectivity index (χ4v) is 5.44. The molecular formula is C30H24BrN3O2S. The number of aryl methyl sites for hydroxylation is 1. The van der Waals surface area contributed by atoms with Gasteiger partial charge in [0.05, 0.1) is 17.5 Å². The van der Waals surface area contributed by atoms with Crippen LogP contribution >= 0.6 is 27.7 Å². The van der Waals surface area contributed by atoms with Gasteiger partial charge in [-0.2, -0.15) is 5.10 Å². The Morgan fingerprint density at radius 2 is 1.81 bits per heavy atom. The highest BCUT2D eigenvalue weighted by molar-refractivity contribution is 9.10. The van der Waals surface area contributed by atoms with Crippen molar-refractivity contribution in [3.63, 3.8) is 0 Å². The molecule has 1 amide bonds. The molecule has 0 spiro atoms. The van der Waals surface area contributed by atoms with Gasteiger partial charge in [0.15, 0.2) is 0 Å². The topological polar surface area (TPSA) is 63.6 Å². The standard InChI is InChI=1S/C30H24BrN3O2S/c1-20-15-29(25-11-4-5-12-27(25)33-20)37-19-30(35)34-32-17-26-24-10-3-2-8-22(24)13-14-28(26)36-18-21-7-6-9-23(31)16-21/h2-17H,18-19H2,1H3,(H,34,35)/b32-17+. The predicted octanol–water partition coefficient (Wildman–Crippen LogP) is 7.28. The number of ether oxygens (including phenoxy) is 1. The van der Waals surface area contributed by atoms with Crippen LogP contribution < -0.4 is 10.2 Å². The summed E-state index contributed by atoms with van der Waals surface area (Å²) in [7, 11) is 0. The maximum absolute atomic E-state index is 12.6. The molecule has 0 atom stereocenters. The molecule has 4 aromatic carbocycles. The highest BCUT2D eigenvalue weighted by Gasteiger charge is 2.10. The first-order valence-corrected chi connectivity index (χ1v) is 13.5. The molecule has 0 radical (unpaired) electrons. The minimum Gasteiger partial charge on any atom is -0.488 e. The number of benzene rings is 4. The molecule has 1 heterocycles. The Morgan fingerprint density at radius 3 is 2.68 bits per heavy atom. The van der Waals surface area contributed by atoms with Crippen molar-refractivity contribution in [1.82, 2.24) is 10.4 Å². The molecule has 37 heavy (non-hydrogen) atoms. The summed E-state index contributed by atoms with van der Waals surface area (Å²) in [5.41, 5.74) is 6.38. The van der Waals surface area contributed by atoms with E-state index in [-0.39, 0.29) is 11.7 Å². The number of para-hydroxylation sites is 1. The third-order valence-electron chi connectivity index (χ3n) is 5.76. The number of rotatable bonds is 8. The number of aromatic nitrogens is 1. The number of carbonyl (C=O) groups excluding carboxylic acids is 1. The van der Waals surface area contributed by atoms with Crippen LogP contribution in [0, 0.1) is 6.92 Å². The van der Waals surface area contributed by atoms with E-state index in [9.17, 15) is 4.79 Å². The van der Waals surface area contributed by atoms with E-state index < -0.39 is 0 Å². The van der Waals surface area contributed by atoms with E-state index >= 15 is 0 Å². The molecule has 0 unspecified atom stereocenters. The van der Waals surface area contributed by atoms with Gasteiger partial charge < -0.3 is 4.74 Å². The van der Waals surface area contributed by atoms with Crippen LogP contribution in [0.3, 0.4) is 0 Å². The Bertz CT molecular complexity index is 1620. The van der Waals surface area contributed by atoms with Gasteiger partial charge in [0.1, 0.15) is 12.4 Å². The van der Waals surface area contributed by atoms with Crippen molar-refractivity contribution in [3.05, 3.63) is 112 Å². The third kappa shape index (κ3) is 6.18. The number of nitrogens with zero attached hydrogens (tertiary/aromatic N) is 2. The summed E-state index contributed by atoms with van der Waals surface area (Å²) in [5.74, 6) is 0.758. The van der Waals surface area contributed by atoms with E-state index in [0.29, 0.717) is 12.4 Å². The van der Waals surface area contributed by atoms with Crippen molar-refractivity contribution in [1.29, 1.82) is 0 Å². The van der Waals surface area contributed by atoms with Gasteiger partial charge in [-0.05, 0) is 53.6 Å². The van der Waals surface area contributed by atoms with Crippen LogP contribution in [0.15, 0.2) is 105 Å². The Hall–Kier alpha value is -3.68. The molecule has 0 fully saturated rings. The minimum absolute atomic E-state index is 0.184. The first-order chi connectivity index (χ1) is 18.1. The summed E-state index contributed by atoms with van der Waals surface area (Å²) < 4.78 is 7.17. The van der Waals surface area contributed by atoms with E-state index in [0.717, 1.165) is 47.9 Å². The number of nitrogens with one attached hydrogen (secondary N) is 1. The van der Waals surface area contributed by atoms with Crippen LogP contribution in [-0.2, 0) is 11.4 Å². The molecular weight excluding hydrogens is 546 g/mol. The summed E-state index contributed by atoms with van der Waals surface area (Å²) in [5, 5.41) is 7.39. The van der Waals surface area contributed by atoms with Gasteiger partial charge in [-0.25, -0.2) is 5.43 Å². The zero-order chi connectivity index (χ0) is 25.6. The molecule has 5 nitrogen and oxygen atoms in total. The quantitative estimate of drug-likeness (QED) is 0.121. The average Bonchev–Trinajstić information content (AvgIpc) is 2.91. The lowest BCUT2D eigenvalue weighted by Crippen LogP contribution is -2.19. The number of hydrogen-bond acceptors (Lipinski definition) is 5. The summed E-state index contributed by atoms with van der Waals surface area (Å²) in [6, 6.07) is 30.0. The molecule has 0 aliphatic heterocycles. The SMILES string of the molecule is Cc1cc(SCC(=O)N/N=C/c2c(OCc3cccc(Br)c3)ccc3ccccc23)c2ccccc2n1. The lowest BCUT2D eigenvalue weighted by molar-refractivity contribution is -0.118. The molecule has 0 saturated heterocycles. The van der Waals surface area contributed by atoms with Crippen LogP contribution in [0.2, 0.25) is 0 Å². The minimum atomic E-state index is -0.184. The van der Waals surface area contributed by atoms with E-state index in [1.165, 1.54) is 11.8 Å². The van der Waals surface area contributed by atoms with Crippen molar-refractivity contribution in [2.45, 2.75) is 18.4 Å². The van der Waals surface area contributed by atoms with E-state index in [4.69, 9.17) is 4.74 Å². The smallest absolute Gasteiger partial charge is 0.250 e. The fourth-order valence-electron chi connectivity index (χ4n) is 4.06. The number of amides is 1. The Balaban J connectivity index is 1.30. The largest absolute Gasteiger partial charge is 0.488 e. The molecule has 184 valence electrons. The van der Waals surface area contributed by atoms with Gasteiger partial charge in [-0.3, -0.25) is 9.78 Å². The summed E-state index contributed by atoms with van der Waals surface area (Å²) in [4.78, 5) is 18.2. The van der Waals surface area contributed by atoms with Crippen molar-refractivity contribution in [2.75, 3.05) is 5.75 Å². The van der Waals surface area contributed by atoms with Crippen molar-refractivity contribution >= 4 is 61.5 Å². The summed E-state index contributed by atoms with van der Waals surface area (Å²) in [6.07, 6.45) is 1.66. The highest BCUT2D eigenvalue weighted by Crippen LogP contribution is 2.29. The predicted molar refractivity (Wildman–Crippen MR) is 155 cm³/mol. The number of thioether (sulfide) groups is 1. The van der Waals surface area contributed by atoms with Crippen LogP contribution in [0.5, 0.6) is 5.75 Å². The van der Waals surface area contributed by atoms with Gasteiger partial charge in [0.2, 0.25) is 5.91 Å². The zero-order valence-corrected chi connectivity index (χ0v) is 22.6. The Morgan fingerprint density at radius 1 is 1.00 bits per heavy atom. The van der Waals surface area contributed by atoms with Crippen LogP contribution in [-0.4, -0.2) is 22.9 Å². The lowest BCUT2D eigenvalue weighted by atomic mass is 10.0. The number of hydrogen-bond donors (Lipinski definition) is 1. The van der Waals surface area contributed by atoms with Crippen molar-refractivity contribution in [3.8, 4) is 5.75 Å². The van der Waals surface area contributed by atoms with Crippen LogP contribution in [0.25, 0.3) is 21.7 Å². The highest BCUT2D eigenvalue weighted by atomic mass is 79.9. The number of carbonyl (C=O) groups is 1. The maximum Gasteiger partial charge on any atom is 0.250 e. The molecule has 0 aliphatic carbocycles. The lowest BCUT2D eigenvalue weighted by Gasteiger charge is -2.12. The fraction of sp³-hybridized carbons (Fsp3) is 0.100. The molecule has 0 bridgehead atoms. The normalized spacial score (nSPS) is 11.3. The summed E-state index contributed by atoms with van der Waals surface area (Å²) >= 11 is 4.98. The second kappa shape index (κ2) is 11.6. The van der Waals surface area contributed by atoms with Crippen LogP contribution in [0.1, 0.15) is 16.8 Å². The molecule has 5 rings (SSSR count). The molecule has 0 saturated carbocycles. The van der Waals surface area contributed by atoms with Gasteiger partial charge in [-0.1, -0.05) is 76.6 Å². The number of hydrazone groups is 1. The van der Waals surface area contributed by atoms with E-state index in [1.807, 2.05) is 97.9 Å². The van der Waals surface area contributed by atoms with Crippen LogP contribution in [0.4, 0.5) is 0 Å². The van der Waals surface area contributed by atoms with Gasteiger partial charge in [0.25, 0.3) is 0 Å². The van der Waals surface area contributed by atoms with Gasteiger partial charge in [0, 0.05) is 26.0 Å². The monoisotopic (exact) mass is 569 g/mol. The third-order valence-corrected chi connectivity index (χ3v) is 7.31. The molecule has 1 aromatic heterocycles. The molecule has 7 heteroatoms. The van der Waals surface area contributed by atoms with Crippen molar-refractivity contribution in [2.24, 2.45) is 5.10 Å². The van der Waals surface area contributed by atoms with Gasteiger partial charge >= 0.3 is 0 Å².